The van der Waals surface area contributed by atoms with Crippen molar-refractivity contribution >= 4 is 22.4 Å². The van der Waals surface area contributed by atoms with Gasteiger partial charge in [-0.1, -0.05) is 12.1 Å². The summed E-state index contributed by atoms with van der Waals surface area (Å²) in [4.78, 5) is 15.2. The van der Waals surface area contributed by atoms with E-state index in [2.05, 4.69) is 32.9 Å². The minimum Gasteiger partial charge on any atom is -0.311 e. The lowest BCUT2D eigenvalue weighted by atomic mass is 10.4. The molecule has 0 saturated heterocycles. The standard InChI is InChI=1S/C12H18N6OS/c1-3-4-13-5-10-6-18(17-16-10)7-11-8-20-12(15-11)14-9(2)19/h6,8,13H,3-5,7H2,1-2H3,(H,14,15,19). The first kappa shape index (κ1) is 14.6. The predicted octanol–water partition coefficient (Wildman–Crippen LogP) is 1.24. The van der Waals surface area contributed by atoms with E-state index in [0.717, 1.165) is 30.9 Å². The maximum atomic E-state index is 10.9. The van der Waals surface area contributed by atoms with Crippen LogP contribution in [0.15, 0.2) is 11.6 Å². The fourth-order valence-electron chi connectivity index (χ4n) is 1.64. The van der Waals surface area contributed by atoms with E-state index in [-0.39, 0.29) is 5.91 Å². The van der Waals surface area contributed by atoms with Gasteiger partial charge in [0.2, 0.25) is 5.91 Å². The Morgan fingerprint density at radius 2 is 2.30 bits per heavy atom. The summed E-state index contributed by atoms with van der Waals surface area (Å²) >= 11 is 1.40. The van der Waals surface area contributed by atoms with E-state index in [9.17, 15) is 4.79 Å². The summed E-state index contributed by atoms with van der Waals surface area (Å²) in [6, 6.07) is 0. The molecule has 0 aliphatic rings. The van der Waals surface area contributed by atoms with Crippen LogP contribution in [-0.4, -0.2) is 32.4 Å². The molecule has 0 spiro atoms. The third kappa shape index (κ3) is 4.39. The van der Waals surface area contributed by atoms with Crippen LogP contribution in [0.2, 0.25) is 0 Å². The molecule has 0 atom stereocenters. The summed E-state index contributed by atoms with van der Waals surface area (Å²) in [7, 11) is 0. The second kappa shape index (κ2) is 7.11. The summed E-state index contributed by atoms with van der Waals surface area (Å²) < 4.78 is 1.75. The normalized spacial score (nSPS) is 10.7. The number of hydrogen-bond donors (Lipinski definition) is 2. The van der Waals surface area contributed by atoms with Gasteiger partial charge in [0.25, 0.3) is 0 Å². The number of thiazole rings is 1. The Labute approximate surface area is 121 Å². The van der Waals surface area contributed by atoms with Crippen LogP contribution in [0.3, 0.4) is 0 Å². The Bertz CT molecular complexity index is 564. The number of rotatable bonds is 7. The molecule has 2 aromatic rings. The quantitative estimate of drug-likeness (QED) is 0.751. The molecule has 0 bridgehead atoms. The van der Waals surface area contributed by atoms with Gasteiger partial charge in [-0.05, 0) is 13.0 Å². The molecular formula is C12H18N6OS. The molecule has 1 amide bonds. The third-order valence-electron chi connectivity index (χ3n) is 2.48. The summed E-state index contributed by atoms with van der Waals surface area (Å²) in [5, 5.41) is 16.6. The van der Waals surface area contributed by atoms with Crippen molar-refractivity contribution in [3.63, 3.8) is 0 Å². The van der Waals surface area contributed by atoms with Gasteiger partial charge in [-0.15, -0.1) is 16.4 Å². The second-order valence-corrected chi connectivity index (χ2v) is 5.27. The molecule has 0 fully saturated rings. The topological polar surface area (TPSA) is 84.7 Å². The van der Waals surface area contributed by atoms with Crippen molar-refractivity contribution in [2.75, 3.05) is 11.9 Å². The third-order valence-corrected chi connectivity index (χ3v) is 3.28. The van der Waals surface area contributed by atoms with E-state index in [1.807, 2.05) is 11.6 Å². The molecule has 2 rings (SSSR count). The van der Waals surface area contributed by atoms with Crippen molar-refractivity contribution in [2.45, 2.75) is 33.4 Å². The number of anilines is 1. The zero-order chi connectivity index (χ0) is 14.4. The molecule has 0 aliphatic carbocycles. The van der Waals surface area contributed by atoms with Crippen LogP contribution < -0.4 is 10.6 Å². The molecule has 0 radical (unpaired) electrons. The van der Waals surface area contributed by atoms with E-state index < -0.39 is 0 Å². The van der Waals surface area contributed by atoms with Crippen molar-refractivity contribution in [1.82, 2.24) is 25.3 Å². The number of hydrogen-bond acceptors (Lipinski definition) is 6. The smallest absolute Gasteiger partial charge is 0.223 e. The van der Waals surface area contributed by atoms with Crippen LogP contribution in [0.25, 0.3) is 0 Å². The number of carbonyl (C=O) groups is 1. The van der Waals surface area contributed by atoms with Crippen LogP contribution in [0.1, 0.15) is 31.7 Å². The molecule has 0 saturated carbocycles. The first-order valence-electron chi connectivity index (χ1n) is 6.49. The molecule has 2 aromatic heterocycles. The molecule has 0 aromatic carbocycles. The first-order valence-corrected chi connectivity index (χ1v) is 7.37. The summed E-state index contributed by atoms with van der Waals surface area (Å²) in [5.74, 6) is -0.115. The predicted molar refractivity (Wildman–Crippen MR) is 77.5 cm³/mol. The minimum absolute atomic E-state index is 0.115. The highest BCUT2D eigenvalue weighted by Crippen LogP contribution is 2.15. The monoisotopic (exact) mass is 294 g/mol. The number of nitrogens with one attached hydrogen (secondary N) is 2. The van der Waals surface area contributed by atoms with Crippen LogP contribution in [-0.2, 0) is 17.9 Å². The van der Waals surface area contributed by atoms with Gasteiger partial charge in [0.05, 0.1) is 24.1 Å². The molecule has 2 N–H and O–H groups in total. The molecule has 20 heavy (non-hydrogen) atoms. The van der Waals surface area contributed by atoms with Gasteiger partial charge in [0.1, 0.15) is 0 Å². The number of nitrogens with zero attached hydrogens (tertiary/aromatic N) is 4. The average Bonchev–Trinajstić information content (AvgIpc) is 3.00. The van der Waals surface area contributed by atoms with Gasteiger partial charge < -0.3 is 10.6 Å². The van der Waals surface area contributed by atoms with Crippen LogP contribution >= 0.6 is 11.3 Å². The van der Waals surface area contributed by atoms with Crippen molar-refractivity contribution in [3.8, 4) is 0 Å². The molecule has 7 nitrogen and oxygen atoms in total. The van der Waals surface area contributed by atoms with E-state index in [1.54, 1.807) is 4.68 Å². The highest BCUT2D eigenvalue weighted by atomic mass is 32.1. The zero-order valence-corrected chi connectivity index (χ0v) is 12.4. The average molecular weight is 294 g/mol. The lowest BCUT2D eigenvalue weighted by Crippen LogP contribution is -2.13. The molecule has 108 valence electrons. The van der Waals surface area contributed by atoms with Gasteiger partial charge in [-0.25, -0.2) is 9.67 Å². The second-order valence-electron chi connectivity index (χ2n) is 4.41. The number of carbonyl (C=O) groups excluding carboxylic acids is 1. The Morgan fingerprint density at radius 3 is 3.05 bits per heavy atom. The Kier molecular flexibility index (Phi) is 5.19. The highest BCUT2D eigenvalue weighted by molar-refractivity contribution is 7.13. The Hall–Kier alpha value is -1.80. The fraction of sp³-hybridized carbons (Fsp3) is 0.500. The fourth-order valence-corrected chi connectivity index (χ4v) is 2.39. The van der Waals surface area contributed by atoms with Crippen molar-refractivity contribution in [3.05, 3.63) is 23.0 Å². The maximum Gasteiger partial charge on any atom is 0.223 e. The van der Waals surface area contributed by atoms with Gasteiger partial charge in [0.15, 0.2) is 5.13 Å². The number of aromatic nitrogens is 4. The molecule has 8 heteroatoms. The van der Waals surface area contributed by atoms with Gasteiger partial charge >= 0.3 is 0 Å². The van der Waals surface area contributed by atoms with Gasteiger partial charge in [0, 0.05) is 18.8 Å². The first-order chi connectivity index (χ1) is 9.67. The zero-order valence-electron chi connectivity index (χ0n) is 11.6. The highest BCUT2D eigenvalue weighted by Gasteiger charge is 2.06. The van der Waals surface area contributed by atoms with E-state index in [4.69, 9.17) is 0 Å². The Morgan fingerprint density at radius 1 is 1.45 bits per heavy atom. The summed E-state index contributed by atoms with van der Waals surface area (Å²) in [5.41, 5.74) is 1.77. The maximum absolute atomic E-state index is 10.9. The Balaban J connectivity index is 1.89. The van der Waals surface area contributed by atoms with Crippen LogP contribution in [0.5, 0.6) is 0 Å². The molecular weight excluding hydrogens is 276 g/mol. The van der Waals surface area contributed by atoms with E-state index >= 15 is 0 Å². The number of amides is 1. The summed E-state index contributed by atoms with van der Waals surface area (Å²) in [6.45, 7) is 5.84. The molecule has 0 unspecified atom stereocenters. The van der Waals surface area contributed by atoms with Gasteiger partial charge in [-0.2, -0.15) is 0 Å². The minimum atomic E-state index is -0.115. The van der Waals surface area contributed by atoms with Crippen LogP contribution in [0, 0.1) is 0 Å². The van der Waals surface area contributed by atoms with E-state index in [1.165, 1.54) is 18.3 Å². The van der Waals surface area contributed by atoms with Crippen molar-refractivity contribution in [1.29, 1.82) is 0 Å². The van der Waals surface area contributed by atoms with Crippen LogP contribution in [0.4, 0.5) is 5.13 Å². The van der Waals surface area contributed by atoms with Gasteiger partial charge in [-0.3, -0.25) is 4.79 Å². The SMILES string of the molecule is CCCNCc1cn(Cc2csc(NC(C)=O)n2)nn1. The molecule has 0 aliphatic heterocycles. The summed E-state index contributed by atoms with van der Waals surface area (Å²) in [6.07, 6.45) is 3.00. The lowest BCUT2D eigenvalue weighted by Gasteiger charge is -1.98. The van der Waals surface area contributed by atoms with Crippen molar-refractivity contribution < 1.29 is 4.79 Å². The van der Waals surface area contributed by atoms with E-state index in [0.29, 0.717) is 11.7 Å². The molecule has 2 heterocycles. The largest absolute Gasteiger partial charge is 0.311 e. The lowest BCUT2D eigenvalue weighted by molar-refractivity contribution is -0.114. The van der Waals surface area contributed by atoms with Crippen molar-refractivity contribution in [2.24, 2.45) is 0 Å².